The molecule has 0 spiro atoms. The van der Waals surface area contributed by atoms with E-state index in [-0.39, 0.29) is 51.9 Å². The van der Waals surface area contributed by atoms with Gasteiger partial charge in [0, 0.05) is 13.0 Å². The molecule has 0 aromatic heterocycles. The van der Waals surface area contributed by atoms with E-state index in [1.54, 1.807) is 0 Å². The molecule has 1 N–H and O–H groups in total. The van der Waals surface area contributed by atoms with Crippen LogP contribution in [0.4, 0.5) is 0 Å². The van der Waals surface area contributed by atoms with Crippen LogP contribution in [0.15, 0.2) is 115 Å². The zero-order chi connectivity index (χ0) is 47.5. The van der Waals surface area contributed by atoms with Crippen LogP contribution >= 0.6 is 0 Å². The van der Waals surface area contributed by atoms with Gasteiger partial charge in [0.2, 0.25) is 0 Å². The Morgan fingerprint density at radius 1 is 0.540 bits per heavy atom. The van der Waals surface area contributed by atoms with E-state index >= 15 is 0 Å². The van der Waals surface area contributed by atoms with E-state index in [9.17, 15) is 5.11 Å². The third kappa shape index (κ3) is 15.1. The maximum Gasteiger partial charge on any atom is 0.192 e. The summed E-state index contributed by atoms with van der Waals surface area (Å²) in [5.74, 6) is 0.551. The van der Waals surface area contributed by atoms with E-state index in [0.717, 1.165) is 36.0 Å². The zero-order valence-electron chi connectivity index (χ0n) is 43.0. The minimum Gasteiger partial charge on any atom is -0.413 e. The van der Waals surface area contributed by atoms with Gasteiger partial charge in [-0.15, -0.1) is 0 Å². The first-order valence-electron chi connectivity index (χ1n) is 23.9. The summed E-state index contributed by atoms with van der Waals surface area (Å²) < 4.78 is 29.2. The van der Waals surface area contributed by atoms with Gasteiger partial charge in [-0.25, -0.2) is 0 Å². The SMILES string of the molecule is C[C@H](/C=C/COC(c1ccccc1)(c1ccccc1)c1ccccc1)[C@H](C[C@@H](/C=C\[C@H](C)[C@H](O[Si](C)(C)C(C)(C)C)[C@@H](C)CCCO)O[Si](C)(C)C(C)(C)C)O[Si](C)(C)C(C)(C)C. The molecular formula is C55H90O5Si3. The van der Waals surface area contributed by atoms with Crippen molar-refractivity contribution in [2.24, 2.45) is 17.8 Å². The van der Waals surface area contributed by atoms with E-state index in [0.29, 0.717) is 12.5 Å². The summed E-state index contributed by atoms with van der Waals surface area (Å²) in [5.41, 5.74) is 2.48. The molecule has 0 saturated carbocycles. The van der Waals surface area contributed by atoms with Crippen molar-refractivity contribution in [3.05, 3.63) is 132 Å². The van der Waals surface area contributed by atoms with Crippen molar-refractivity contribution in [1.29, 1.82) is 0 Å². The summed E-state index contributed by atoms with van der Waals surface area (Å²) in [6.07, 6.45) is 11.5. The molecule has 3 aromatic rings. The van der Waals surface area contributed by atoms with Crippen molar-refractivity contribution >= 4 is 25.0 Å². The first-order chi connectivity index (χ1) is 29.1. The Kier molecular flexibility index (Phi) is 19.9. The first kappa shape index (κ1) is 54.9. The fraction of sp³-hybridized carbons (Fsp3) is 0.600. The highest BCUT2D eigenvalue weighted by molar-refractivity contribution is 6.75. The van der Waals surface area contributed by atoms with Crippen LogP contribution in [-0.2, 0) is 23.6 Å². The molecule has 352 valence electrons. The second-order valence-corrected chi connectivity index (χ2v) is 37.1. The molecule has 8 heteroatoms. The lowest BCUT2D eigenvalue weighted by molar-refractivity contribution is 0.0314. The van der Waals surface area contributed by atoms with E-state index in [4.69, 9.17) is 18.0 Å². The highest BCUT2D eigenvalue weighted by Gasteiger charge is 2.44. The first-order valence-corrected chi connectivity index (χ1v) is 32.6. The standard InChI is InChI=1S/C55H90O5Si3/c1-43(31-29-41-57-55(46-32-22-19-23-33-46,47-34-24-20-25-35-47)48-36-26-21-27-37-48)50(59-62(15,16)53(7,8)9)42-49(58-61(13,14)52(4,5)6)39-38-45(3)51(44(2)30-28-40-56)60-63(17,18)54(10,11)12/h19-27,29,31-39,43-45,49-51,56H,28,30,40-42H2,1-18H3/b31-29+,39-38-/t43-,44+,45+,49-,50+,51-/m1/s1. The molecule has 0 bridgehead atoms. The molecule has 0 aliphatic rings. The van der Waals surface area contributed by atoms with E-state index < -0.39 is 30.6 Å². The molecule has 0 heterocycles. The number of rotatable bonds is 23. The van der Waals surface area contributed by atoms with Crippen LogP contribution in [0.25, 0.3) is 0 Å². The molecule has 0 aliphatic carbocycles. The summed E-state index contributed by atoms with van der Waals surface area (Å²) in [7, 11) is -6.49. The Bertz CT molecular complexity index is 1720. The van der Waals surface area contributed by atoms with Crippen molar-refractivity contribution in [3.8, 4) is 0 Å². The predicted molar refractivity (Wildman–Crippen MR) is 278 cm³/mol. The highest BCUT2D eigenvalue weighted by atomic mass is 28.4. The van der Waals surface area contributed by atoms with Gasteiger partial charge in [-0.2, -0.15) is 0 Å². The minimum atomic E-state index is -2.21. The van der Waals surface area contributed by atoms with Crippen molar-refractivity contribution in [2.75, 3.05) is 13.2 Å². The van der Waals surface area contributed by atoms with Gasteiger partial charge >= 0.3 is 0 Å². The molecule has 0 fully saturated rings. The van der Waals surface area contributed by atoms with Crippen LogP contribution in [0.5, 0.6) is 0 Å². The summed E-state index contributed by atoms with van der Waals surface area (Å²) in [4.78, 5) is 0. The maximum atomic E-state index is 9.77. The second kappa shape index (κ2) is 22.9. The third-order valence-corrected chi connectivity index (χ3v) is 28.2. The molecule has 3 aromatic carbocycles. The molecule has 0 radical (unpaired) electrons. The van der Waals surface area contributed by atoms with Crippen LogP contribution in [0.3, 0.4) is 0 Å². The van der Waals surface area contributed by atoms with Gasteiger partial charge in [-0.1, -0.05) is 198 Å². The zero-order valence-corrected chi connectivity index (χ0v) is 46.0. The van der Waals surface area contributed by atoms with Crippen molar-refractivity contribution < 1.29 is 23.1 Å². The average Bonchev–Trinajstić information content (AvgIpc) is 3.20. The monoisotopic (exact) mass is 915 g/mol. The molecule has 0 amide bonds. The molecule has 6 atom stereocenters. The molecule has 3 rings (SSSR count). The molecular weight excluding hydrogens is 825 g/mol. The van der Waals surface area contributed by atoms with Crippen molar-refractivity contribution in [3.63, 3.8) is 0 Å². The number of hydrogen-bond acceptors (Lipinski definition) is 5. The largest absolute Gasteiger partial charge is 0.413 e. The lowest BCUT2D eigenvalue weighted by Crippen LogP contribution is -2.48. The number of aliphatic hydroxyl groups is 1. The van der Waals surface area contributed by atoms with E-state index in [1.165, 1.54) is 0 Å². The number of ether oxygens (including phenoxy) is 1. The van der Waals surface area contributed by atoms with Gasteiger partial charge in [0.15, 0.2) is 25.0 Å². The van der Waals surface area contributed by atoms with Gasteiger partial charge in [-0.3, -0.25) is 0 Å². The Hall–Kier alpha value is -2.41. The van der Waals surface area contributed by atoms with Crippen LogP contribution in [0.1, 0.15) is 119 Å². The summed E-state index contributed by atoms with van der Waals surface area (Å²) >= 11 is 0. The Morgan fingerprint density at radius 3 is 1.37 bits per heavy atom. The van der Waals surface area contributed by atoms with Gasteiger partial charge < -0.3 is 23.1 Å². The summed E-state index contributed by atoms with van der Waals surface area (Å²) in [6, 6.07) is 31.8. The van der Waals surface area contributed by atoms with E-state index in [1.807, 2.05) is 0 Å². The normalized spacial score (nSPS) is 16.9. The second-order valence-electron chi connectivity index (χ2n) is 22.9. The van der Waals surface area contributed by atoms with Crippen LogP contribution in [-0.4, -0.2) is 61.6 Å². The summed E-state index contributed by atoms with van der Waals surface area (Å²) in [6.45, 7) is 42.6. The highest BCUT2D eigenvalue weighted by Crippen LogP contribution is 2.44. The third-order valence-electron chi connectivity index (χ3n) is 14.7. The quantitative estimate of drug-likeness (QED) is 0.0583. The summed E-state index contributed by atoms with van der Waals surface area (Å²) in [5, 5.41) is 9.94. The van der Waals surface area contributed by atoms with Crippen molar-refractivity contribution in [2.45, 2.75) is 181 Å². The molecule has 0 aliphatic heterocycles. The molecule has 0 unspecified atom stereocenters. The fourth-order valence-corrected chi connectivity index (χ4v) is 11.6. The Balaban J connectivity index is 2.08. The average molecular weight is 916 g/mol. The number of benzene rings is 3. The van der Waals surface area contributed by atoms with Crippen LogP contribution < -0.4 is 0 Å². The van der Waals surface area contributed by atoms with Crippen molar-refractivity contribution in [1.82, 2.24) is 0 Å². The number of aliphatic hydroxyl groups excluding tert-OH is 1. The lowest BCUT2D eigenvalue weighted by Gasteiger charge is -2.43. The van der Waals surface area contributed by atoms with Gasteiger partial charge in [0.05, 0.1) is 24.9 Å². The van der Waals surface area contributed by atoms with Crippen LogP contribution in [0.2, 0.25) is 54.4 Å². The fourth-order valence-electron chi connectivity index (χ4n) is 7.46. The lowest BCUT2D eigenvalue weighted by atomic mass is 9.80. The predicted octanol–water partition coefficient (Wildman–Crippen LogP) is 15.3. The smallest absolute Gasteiger partial charge is 0.192 e. The Labute approximate surface area is 389 Å². The topological polar surface area (TPSA) is 57.2 Å². The van der Waals surface area contributed by atoms with E-state index in [2.05, 4.69) is 238 Å². The van der Waals surface area contributed by atoms with Gasteiger partial charge in [-0.05, 0) is 102 Å². The number of hydrogen-bond donors (Lipinski definition) is 1. The van der Waals surface area contributed by atoms with Crippen LogP contribution in [0, 0.1) is 17.8 Å². The maximum absolute atomic E-state index is 9.77. The van der Waals surface area contributed by atoms with Gasteiger partial charge in [0.1, 0.15) is 5.60 Å². The Morgan fingerprint density at radius 2 is 0.952 bits per heavy atom. The molecule has 5 nitrogen and oxygen atoms in total. The van der Waals surface area contributed by atoms with Gasteiger partial charge in [0.25, 0.3) is 0 Å². The minimum absolute atomic E-state index is 0.0393. The molecule has 0 saturated heterocycles. The molecule has 63 heavy (non-hydrogen) atoms.